The summed E-state index contributed by atoms with van der Waals surface area (Å²) >= 11 is 0. The number of anilines is 1. The SMILES string of the molecule is CC(O)c1cncc(-c2cc3c(cc2F)NC(=O)C3C)c1. The van der Waals surface area contributed by atoms with Crippen LogP contribution in [0.2, 0.25) is 0 Å². The summed E-state index contributed by atoms with van der Waals surface area (Å²) in [5.74, 6) is -0.850. The van der Waals surface area contributed by atoms with E-state index in [0.717, 1.165) is 5.56 Å². The smallest absolute Gasteiger partial charge is 0.231 e. The molecule has 2 N–H and O–H groups in total. The normalized spacial score (nSPS) is 18.3. The zero-order valence-electron chi connectivity index (χ0n) is 11.7. The Kier molecular flexibility index (Phi) is 3.22. The van der Waals surface area contributed by atoms with Gasteiger partial charge in [0.25, 0.3) is 0 Å². The van der Waals surface area contributed by atoms with E-state index < -0.39 is 11.9 Å². The predicted molar refractivity (Wildman–Crippen MR) is 77.3 cm³/mol. The molecule has 3 rings (SSSR count). The van der Waals surface area contributed by atoms with E-state index in [2.05, 4.69) is 10.3 Å². The van der Waals surface area contributed by atoms with Crippen LogP contribution in [0, 0.1) is 5.82 Å². The molecule has 0 bridgehead atoms. The molecule has 0 spiro atoms. The molecule has 1 aromatic heterocycles. The maximum absolute atomic E-state index is 14.3. The Morgan fingerprint density at radius 3 is 2.81 bits per heavy atom. The quantitative estimate of drug-likeness (QED) is 0.892. The number of carbonyl (C=O) groups excluding carboxylic acids is 1. The molecular formula is C16H15FN2O2. The van der Waals surface area contributed by atoms with Gasteiger partial charge in [-0.15, -0.1) is 0 Å². The first-order valence-electron chi connectivity index (χ1n) is 6.75. The lowest BCUT2D eigenvalue weighted by Gasteiger charge is -2.10. The van der Waals surface area contributed by atoms with Crippen molar-refractivity contribution < 1.29 is 14.3 Å². The summed E-state index contributed by atoms with van der Waals surface area (Å²) in [4.78, 5) is 15.7. The molecule has 1 amide bonds. The van der Waals surface area contributed by atoms with Gasteiger partial charge in [0.05, 0.1) is 12.0 Å². The minimum absolute atomic E-state index is 0.127. The lowest BCUT2D eigenvalue weighted by molar-refractivity contribution is -0.116. The highest BCUT2D eigenvalue weighted by atomic mass is 19.1. The Bertz CT molecular complexity index is 728. The number of rotatable bonds is 2. The first-order chi connectivity index (χ1) is 9.97. The van der Waals surface area contributed by atoms with Crippen molar-refractivity contribution in [1.82, 2.24) is 4.98 Å². The third-order valence-electron chi connectivity index (χ3n) is 3.81. The lowest BCUT2D eigenvalue weighted by atomic mass is 9.96. The monoisotopic (exact) mass is 286 g/mol. The van der Waals surface area contributed by atoms with E-state index in [4.69, 9.17) is 0 Å². The number of hydrogen-bond donors (Lipinski definition) is 2. The van der Waals surface area contributed by atoms with Crippen molar-refractivity contribution in [2.45, 2.75) is 25.9 Å². The number of fused-ring (bicyclic) bond motifs is 1. The Hall–Kier alpha value is -2.27. The van der Waals surface area contributed by atoms with Gasteiger partial charge in [-0.3, -0.25) is 9.78 Å². The number of benzene rings is 1. The number of nitrogens with one attached hydrogen (secondary N) is 1. The van der Waals surface area contributed by atoms with E-state index in [-0.39, 0.29) is 11.8 Å². The van der Waals surface area contributed by atoms with Gasteiger partial charge in [0.15, 0.2) is 0 Å². The van der Waals surface area contributed by atoms with Crippen LogP contribution in [0.1, 0.15) is 37.0 Å². The molecule has 2 aromatic rings. The van der Waals surface area contributed by atoms with E-state index in [9.17, 15) is 14.3 Å². The third kappa shape index (κ3) is 2.29. The average Bonchev–Trinajstić information content (AvgIpc) is 2.72. The largest absolute Gasteiger partial charge is 0.389 e. The number of hydrogen-bond acceptors (Lipinski definition) is 3. The number of halogens is 1. The van der Waals surface area contributed by atoms with Crippen molar-refractivity contribution in [3.05, 3.63) is 47.5 Å². The molecule has 1 aromatic carbocycles. The average molecular weight is 286 g/mol. The highest BCUT2D eigenvalue weighted by Gasteiger charge is 2.28. The van der Waals surface area contributed by atoms with E-state index in [1.54, 1.807) is 38.4 Å². The molecule has 0 aliphatic carbocycles. The summed E-state index contributed by atoms with van der Waals surface area (Å²) in [7, 11) is 0. The van der Waals surface area contributed by atoms with Gasteiger partial charge >= 0.3 is 0 Å². The fourth-order valence-corrected chi connectivity index (χ4v) is 2.49. The molecule has 0 saturated heterocycles. The molecule has 4 nitrogen and oxygen atoms in total. The fraction of sp³-hybridized carbons (Fsp3) is 0.250. The van der Waals surface area contributed by atoms with Gasteiger partial charge in [0.2, 0.25) is 5.91 Å². The van der Waals surface area contributed by atoms with Gasteiger partial charge < -0.3 is 10.4 Å². The van der Waals surface area contributed by atoms with Crippen molar-refractivity contribution in [2.24, 2.45) is 0 Å². The number of aliphatic hydroxyl groups excluding tert-OH is 1. The summed E-state index contributed by atoms with van der Waals surface area (Å²) in [6, 6.07) is 4.72. The summed E-state index contributed by atoms with van der Waals surface area (Å²) < 4.78 is 14.3. The molecule has 0 radical (unpaired) electrons. The third-order valence-corrected chi connectivity index (χ3v) is 3.81. The van der Waals surface area contributed by atoms with Crippen LogP contribution in [0.15, 0.2) is 30.6 Å². The van der Waals surface area contributed by atoms with Crippen molar-refractivity contribution in [1.29, 1.82) is 0 Å². The van der Waals surface area contributed by atoms with Crippen LogP contribution < -0.4 is 5.32 Å². The Labute approximate surface area is 121 Å². The Balaban J connectivity index is 2.12. The predicted octanol–water partition coefficient (Wildman–Crippen LogP) is 3.00. The number of carbonyl (C=O) groups is 1. The van der Waals surface area contributed by atoms with Crippen LogP contribution in [-0.2, 0) is 4.79 Å². The van der Waals surface area contributed by atoms with Crippen LogP contribution in [0.4, 0.5) is 10.1 Å². The Morgan fingerprint density at radius 2 is 2.10 bits per heavy atom. The van der Waals surface area contributed by atoms with Crippen LogP contribution in [0.5, 0.6) is 0 Å². The van der Waals surface area contributed by atoms with E-state index in [0.29, 0.717) is 22.4 Å². The first-order valence-corrected chi connectivity index (χ1v) is 6.75. The van der Waals surface area contributed by atoms with Gasteiger partial charge in [-0.05, 0) is 43.2 Å². The van der Waals surface area contributed by atoms with Crippen molar-refractivity contribution >= 4 is 11.6 Å². The lowest BCUT2D eigenvalue weighted by Crippen LogP contribution is -2.08. The maximum Gasteiger partial charge on any atom is 0.231 e. The molecule has 1 aliphatic heterocycles. The molecule has 2 unspecified atom stereocenters. The number of pyridine rings is 1. The fourth-order valence-electron chi connectivity index (χ4n) is 2.49. The standard InChI is InChI=1S/C16H15FN2O2/c1-8-12-4-13(14(17)5-15(12)19-16(8)21)11-3-10(9(2)20)6-18-7-11/h3-9,20H,1-2H3,(H,19,21). The van der Waals surface area contributed by atoms with Gasteiger partial charge in [0.1, 0.15) is 5.82 Å². The number of aromatic nitrogens is 1. The highest BCUT2D eigenvalue weighted by Crippen LogP contribution is 2.37. The Morgan fingerprint density at radius 1 is 1.33 bits per heavy atom. The second kappa shape index (κ2) is 4.93. The molecule has 2 heterocycles. The van der Waals surface area contributed by atoms with Crippen LogP contribution in [0.25, 0.3) is 11.1 Å². The molecule has 108 valence electrons. The molecule has 1 aliphatic rings. The number of aliphatic hydroxyl groups is 1. The van der Waals surface area contributed by atoms with Crippen LogP contribution in [0.3, 0.4) is 0 Å². The molecule has 5 heteroatoms. The number of amides is 1. The summed E-state index contributed by atoms with van der Waals surface area (Å²) in [5.41, 5.74) is 2.88. The van der Waals surface area contributed by atoms with Crippen LogP contribution in [-0.4, -0.2) is 16.0 Å². The van der Waals surface area contributed by atoms with Gasteiger partial charge in [0, 0.05) is 29.2 Å². The van der Waals surface area contributed by atoms with Gasteiger partial charge in [-0.1, -0.05) is 0 Å². The molecular weight excluding hydrogens is 271 g/mol. The summed E-state index contributed by atoms with van der Waals surface area (Å²) in [6.07, 6.45) is 2.43. The van der Waals surface area contributed by atoms with Gasteiger partial charge in [-0.25, -0.2) is 4.39 Å². The number of nitrogens with zero attached hydrogens (tertiary/aromatic N) is 1. The minimum Gasteiger partial charge on any atom is -0.389 e. The maximum atomic E-state index is 14.3. The zero-order valence-corrected chi connectivity index (χ0v) is 11.7. The van der Waals surface area contributed by atoms with E-state index in [1.165, 1.54) is 6.07 Å². The summed E-state index contributed by atoms with van der Waals surface area (Å²) in [6.45, 7) is 3.41. The minimum atomic E-state index is -0.669. The second-order valence-corrected chi connectivity index (χ2v) is 5.31. The topological polar surface area (TPSA) is 62.2 Å². The molecule has 0 fully saturated rings. The van der Waals surface area contributed by atoms with Crippen molar-refractivity contribution in [3.63, 3.8) is 0 Å². The van der Waals surface area contributed by atoms with E-state index in [1.807, 2.05) is 0 Å². The molecule has 21 heavy (non-hydrogen) atoms. The summed E-state index contributed by atoms with van der Waals surface area (Å²) in [5, 5.41) is 12.3. The van der Waals surface area contributed by atoms with Crippen molar-refractivity contribution in [2.75, 3.05) is 5.32 Å². The highest BCUT2D eigenvalue weighted by molar-refractivity contribution is 6.03. The van der Waals surface area contributed by atoms with E-state index >= 15 is 0 Å². The molecule has 2 atom stereocenters. The van der Waals surface area contributed by atoms with Crippen molar-refractivity contribution in [3.8, 4) is 11.1 Å². The molecule has 0 saturated carbocycles. The zero-order chi connectivity index (χ0) is 15.1. The second-order valence-electron chi connectivity index (χ2n) is 5.31. The van der Waals surface area contributed by atoms with Gasteiger partial charge in [-0.2, -0.15) is 0 Å². The van der Waals surface area contributed by atoms with Crippen LogP contribution >= 0.6 is 0 Å². The first kappa shape index (κ1) is 13.7.